The first kappa shape index (κ1) is 16.7. The van der Waals surface area contributed by atoms with Crippen LogP contribution >= 0.6 is 15.9 Å². The van der Waals surface area contributed by atoms with E-state index in [1.807, 2.05) is 0 Å². The first-order valence-corrected chi connectivity index (χ1v) is 7.01. The smallest absolute Gasteiger partial charge is 0.311 e. The van der Waals surface area contributed by atoms with Crippen LogP contribution in [0.15, 0.2) is 22.7 Å². The molecule has 0 spiro atoms. The standard InChI is InChI=1S/C15H16BrFO3/c1-3-10(2)20-9-5-7-12(15(18)19)11-6-4-8-13(16)14(11)17/h1,4,6,8,10,12H,5,7,9H2,2H3,(H,18,19). The molecule has 3 nitrogen and oxygen atoms in total. The molecule has 0 heterocycles. The summed E-state index contributed by atoms with van der Waals surface area (Å²) in [5, 5.41) is 9.24. The minimum absolute atomic E-state index is 0.178. The predicted octanol–water partition coefficient (Wildman–Crippen LogP) is 3.57. The van der Waals surface area contributed by atoms with Crippen molar-refractivity contribution in [1.82, 2.24) is 0 Å². The molecule has 0 aromatic heterocycles. The van der Waals surface area contributed by atoms with Gasteiger partial charge in [-0.05, 0) is 41.8 Å². The van der Waals surface area contributed by atoms with Crippen molar-refractivity contribution in [1.29, 1.82) is 0 Å². The van der Waals surface area contributed by atoms with Crippen molar-refractivity contribution in [2.75, 3.05) is 6.61 Å². The van der Waals surface area contributed by atoms with E-state index in [2.05, 4.69) is 21.9 Å². The molecule has 0 saturated carbocycles. The summed E-state index contributed by atoms with van der Waals surface area (Å²) in [5.74, 6) is -0.0510. The molecule has 0 aliphatic rings. The summed E-state index contributed by atoms with van der Waals surface area (Å²) >= 11 is 3.06. The van der Waals surface area contributed by atoms with Crippen LogP contribution in [0, 0.1) is 18.2 Å². The third-order valence-corrected chi connectivity index (χ3v) is 3.51. The summed E-state index contributed by atoms with van der Waals surface area (Å²) in [4.78, 5) is 11.3. The van der Waals surface area contributed by atoms with Gasteiger partial charge in [0.05, 0.1) is 10.4 Å². The second-order valence-electron chi connectivity index (χ2n) is 4.36. The zero-order valence-corrected chi connectivity index (χ0v) is 12.7. The summed E-state index contributed by atoms with van der Waals surface area (Å²) in [6, 6.07) is 4.65. The fourth-order valence-corrected chi connectivity index (χ4v) is 2.18. The molecule has 108 valence electrons. The van der Waals surface area contributed by atoms with Crippen molar-refractivity contribution in [2.45, 2.75) is 31.8 Å². The van der Waals surface area contributed by atoms with E-state index in [1.165, 1.54) is 12.1 Å². The highest BCUT2D eigenvalue weighted by Gasteiger charge is 2.23. The van der Waals surface area contributed by atoms with Gasteiger partial charge in [0, 0.05) is 12.2 Å². The predicted molar refractivity (Wildman–Crippen MR) is 78.0 cm³/mol. The zero-order chi connectivity index (χ0) is 15.1. The Bertz CT molecular complexity index is 510. The van der Waals surface area contributed by atoms with Crippen LogP contribution in [0.3, 0.4) is 0 Å². The maximum atomic E-state index is 13.9. The summed E-state index contributed by atoms with van der Waals surface area (Å²) in [5.41, 5.74) is 0.178. The van der Waals surface area contributed by atoms with E-state index in [0.29, 0.717) is 19.4 Å². The van der Waals surface area contributed by atoms with Gasteiger partial charge < -0.3 is 9.84 Å². The first-order valence-electron chi connectivity index (χ1n) is 6.21. The van der Waals surface area contributed by atoms with E-state index in [-0.39, 0.29) is 16.1 Å². The van der Waals surface area contributed by atoms with Crippen molar-refractivity contribution in [3.63, 3.8) is 0 Å². The lowest BCUT2D eigenvalue weighted by Gasteiger charge is -2.14. The molecule has 0 amide bonds. The number of halogens is 2. The molecular weight excluding hydrogens is 327 g/mol. The van der Waals surface area contributed by atoms with Gasteiger partial charge in [-0.1, -0.05) is 18.1 Å². The Morgan fingerprint density at radius 1 is 1.60 bits per heavy atom. The highest BCUT2D eigenvalue weighted by molar-refractivity contribution is 9.10. The van der Waals surface area contributed by atoms with Crippen molar-refractivity contribution < 1.29 is 19.0 Å². The van der Waals surface area contributed by atoms with Crippen molar-refractivity contribution >= 4 is 21.9 Å². The largest absolute Gasteiger partial charge is 0.481 e. The summed E-state index contributed by atoms with van der Waals surface area (Å²) in [6.45, 7) is 2.09. The van der Waals surface area contributed by atoms with Gasteiger partial charge in [-0.15, -0.1) is 6.42 Å². The molecule has 1 N–H and O–H groups in total. The quantitative estimate of drug-likeness (QED) is 0.608. The molecule has 0 bridgehead atoms. The molecule has 0 aliphatic heterocycles. The number of carboxylic acid groups (broad SMARTS) is 1. The second kappa shape index (κ2) is 8.03. The molecule has 1 rings (SSSR count). The number of hydrogen-bond donors (Lipinski definition) is 1. The molecular formula is C15H16BrFO3. The molecule has 0 radical (unpaired) electrons. The van der Waals surface area contributed by atoms with Gasteiger partial charge in [-0.3, -0.25) is 4.79 Å². The Kier molecular flexibility index (Phi) is 6.69. The molecule has 1 aromatic rings. The Labute approximate surface area is 126 Å². The number of carboxylic acids is 1. The second-order valence-corrected chi connectivity index (χ2v) is 5.21. The number of ether oxygens (including phenoxy) is 1. The van der Waals surface area contributed by atoms with Gasteiger partial charge >= 0.3 is 5.97 Å². The lowest BCUT2D eigenvalue weighted by Crippen LogP contribution is -2.15. The van der Waals surface area contributed by atoms with Crippen molar-refractivity contribution in [2.24, 2.45) is 0 Å². The Morgan fingerprint density at radius 2 is 2.30 bits per heavy atom. The van der Waals surface area contributed by atoms with E-state index in [9.17, 15) is 14.3 Å². The number of carbonyl (C=O) groups is 1. The van der Waals surface area contributed by atoms with E-state index < -0.39 is 17.7 Å². The zero-order valence-electron chi connectivity index (χ0n) is 11.1. The fourth-order valence-electron chi connectivity index (χ4n) is 1.80. The number of aliphatic carboxylic acids is 1. The average molecular weight is 343 g/mol. The van der Waals surface area contributed by atoms with Gasteiger partial charge in [0.2, 0.25) is 0 Å². The maximum Gasteiger partial charge on any atom is 0.311 e. The SMILES string of the molecule is C#CC(C)OCCCC(C(=O)O)c1cccc(Br)c1F. The van der Waals surface area contributed by atoms with Gasteiger partial charge in [-0.2, -0.15) is 0 Å². The van der Waals surface area contributed by atoms with Crippen molar-refractivity contribution in [3.05, 3.63) is 34.1 Å². The Balaban J connectivity index is 2.69. The molecule has 2 atom stereocenters. The minimum Gasteiger partial charge on any atom is -0.481 e. The monoisotopic (exact) mass is 342 g/mol. The number of rotatable bonds is 7. The van der Waals surface area contributed by atoms with Crippen LogP contribution in [0.2, 0.25) is 0 Å². The van der Waals surface area contributed by atoms with Crippen LogP contribution < -0.4 is 0 Å². The summed E-state index contributed by atoms with van der Waals surface area (Å²) in [7, 11) is 0. The topological polar surface area (TPSA) is 46.5 Å². The molecule has 20 heavy (non-hydrogen) atoms. The van der Waals surface area contributed by atoms with Crippen LogP contribution in [-0.2, 0) is 9.53 Å². The van der Waals surface area contributed by atoms with Crippen LogP contribution in [-0.4, -0.2) is 23.8 Å². The maximum absolute atomic E-state index is 13.9. The average Bonchev–Trinajstić information content (AvgIpc) is 2.42. The van der Waals surface area contributed by atoms with Crippen LogP contribution in [0.4, 0.5) is 4.39 Å². The van der Waals surface area contributed by atoms with Gasteiger partial charge in [-0.25, -0.2) is 4.39 Å². The van der Waals surface area contributed by atoms with E-state index >= 15 is 0 Å². The van der Waals surface area contributed by atoms with Gasteiger partial charge in [0.15, 0.2) is 0 Å². The van der Waals surface area contributed by atoms with E-state index in [1.54, 1.807) is 13.0 Å². The molecule has 0 saturated heterocycles. The van der Waals surface area contributed by atoms with Gasteiger partial charge in [0.25, 0.3) is 0 Å². The molecule has 0 fully saturated rings. The summed E-state index contributed by atoms with van der Waals surface area (Å²) in [6.07, 6.45) is 5.65. The van der Waals surface area contributed by atoms with E-state index in [0.717, 1.165) is 0 Å². The highest BCUT2D eigenvalue weighted by atomic mass is 79.9. The third-order valence-electron chi connectivity index (χ3n) is 2.89. The Morgan fingerprint density at radius 3 is 2.90 bits per heavy atom. The molecule has 1 aromatic carbocycles. The van der Waals surface area contributed by atoms with Crippen molar-refractivity contribution in [3.8, 4) is 12.3 Å². The number of terminal acetylenes is 1. The lowest BCUT2D eigenvalue weighted by atomic mass is 9.94. The molecule has 0 aliphatic carbocycles. The van der Waals surface area contributed by atoms with Gasteiger partial charge in [0.1, 0.15) is 11.9 Å². The third kappa shape index (κ3) is 4.62. The van der Waals surface area contributed by atoms with Crippen LogP contribution in [0.1, 0.15) is 31.2 Å². The van der Waals surface area contributed by atoms with Crippen LogP contribution in [0.5, 0.6) is 0 Å². The molecule has 5 heteroatoms. The minimum atomic E-state index is -1.05. The Hall–Kier alpha value is -1.38. The number of benzene rings is 1. The normalized spacial score (nSPS) is 13.5. The number of hydrogen-bond acceptors (Lipinski definition) is 2. The fraction of sp³-hybridized carbons (Fsp3) is 0.400. The summed E-state index contributed by atoms with van der Waals surface area (Å²) < 4.78 is 19.5. The van der Waals surface area contributed by atoms with Crippen LogP contribution in [0.25, 0.3) is 0 Å². The highest BCUT2D eigenvalue weighted by Crippen LogP contribution is 2.28. The first-order chi connectivity index (χ1) is 9.47. The lowest BCUT2D eigenvalue weighted by molar-refractivity contribution is -0.139. The van der Waals surface area contributed by atoms with E-state index in [4.69, 9.17) is 11.2 Å². The molecule has 2 unspecified atom stereocenters.